The average Bonchev–Trinajstić information content (AvgIpc) is 2.32. The van der Waals surface area contributed by atoms with E-state index in [0.717, 1.165) is 15.6 Å². The van der Waals surface area contributed by atoms with Gasteiger partial charge in [-0.25, -0.2) is 4.39 Å². The first-order chi connectivity index (χ1) is 8.08. The molecule has 2 N–H and O–H groups in total. The maximum Gasteiger partial charge on any atom is 0.131 e. The normalized spacial score (nSPS) is 12.5. The highest BCUT2D eigenvalue weighted by Crippen LogP contribution is 2.27. The van der Waals surface area contributed by atoms with Crippen LogP contribution >= 0.6 is 15.9 Å². The molecular formula is C14H13BrFN. The zero-order chi connectivity index (χ0) is 12.4. The standard InChI is InChI=1S/C14H13BrFN/c1-9(17)10-2-4-11(5-3-10)13-8-12(15)6-7-14(13)16/h2-9H,17H2,1H3. The Hall–Kier alpha value is -1.19. The Morgan fingerprint density at radius 3 is 2.35 bits per heavy atom. The molecule has 0 heterocycles. The van der Waals surface area contributed by atoms with Gasteiger partial charge in [-0.2, -0.15) is 0 Å². The third-order valence-corrected chi connectivity index (χ3v) is 3.17. The fraction of sp³-hybridized carbons (Fsp3) is 0.143. The van der Waals surface area contributed by atoms with Crippen LogP contribution < -0.4 is 5.73 Å². The molecule has 17 heavy (non-hydrogen) atoms. The molecule has 0 saturated carbocycles. The minimum Gasteiger partial charge on any atom is -0.324 e. The number of hydrogen-bond acceptors (Lipinski definition) is 1. The summed E-state index contributed by atoms with van der Waals surface area (Å²) >= 11 is 3.34. The number of benzene rings is 2. The number of rotatable bonds is 2. The molecule has 0 aliphatic heterocycles. The summed E-state index contributed by atoms with van der Waals surface area (Å²) in [4.78, 5) is 0. The predicted molar refractivity (Wildman–Crippen MR) is 72.1 cm³/mol. The van der Waals surface area contributed by atoms with Gasteiger partial charge in [-0.3, -0.25) is 0 Å². The van der Waals surface area contributed by atoms with Gasteiger partial charge in [-0.05, 0) is 36.2 Å². The second kappa shape index (κ2) is 4.98. The van der Waals surface area contributed by atoms with Crippen LogP contribution in [0.2, 0.25) is 0 Å². The maximum atomic E-state index is 13.7. The number of nitrogens with two attached hydrogens (primary N) is 1. The number of hydrogen-bond donors (Lipinski definition) is 1. The topological polar surface area (TPSA) is 26.0 Å². The van der Waals surface area contributed by atoms with Crippen molar-refractivity contribution in [2.45, 2.75) is 13.0 Å². The average molecular weight is 294 g/mol. The quantitative estimate of drug-likeness (QED) is 0.879. The van der Waals surface area contributed by atoms with Crippen LogP contribution in [0.25, 0.3) is 11.1 Å². The maximum absolute atomic E-state index is 13.7. The minimum atomic E-state index is -0.221. The van der Waals surface area contributed by atoms with Gasteiger partial charge in [-0.15, -0.1) is 0 Å². The van der Waals surface area contributed by atoms with Crippen molar-refractivity contribution < 1.29 is 4.39 Å². The molecular weight excluding hydrogens is 281 g/mol. The van der Waals surface area contributed by atoms with Crippen molar-refractivity contribution in [3.63, 3.8) is 0 Å². The molecule has 0 radical (unpaired) electrons. The molecule has 0 amide bonds. The molecule has 88 valence electrons. The van der Waals surface area contributed by atoms with Crippen LogP contribution in [0.4, 0.5) is 4.39 Å². The molecule has 0 aliphatic carbocycles. The first kappa shape index (κ1) is 12.3. The molecule has 0 bridgehead atoms. The van der Waals surface area contributed by atoms with Gasteiger partial charge < -0.3 is 5.73 Å². The van der Waals surface area contributed by atoms with Gasteiger partial charge >= 0.3 is 0 Å². The fourth-order valence-corrected chi connectivity index (χ4v) is 2.05. The van der Waals surface area contributed by atoms with Crippen LogP contribution in [0, 0.1) is 5.82 Å². The van der Waals surface area contributed by atoms with E-state index >= 15 is 0 Å². The van der Waals surface area contributed by atoms with Gasteiger partial charge in [0.2, 0.25) is 0 Å². The first-order valence-corrected chi connectivity index (χ1v) is 6.18. The van der Waals surface area contributed by atoms with Gasteiger partial charge in [0.25, 0.3) is 0 Å². The van der Waals surface area contributed by atoms with Crippen LogP contribution in [-0.2, 0) is 0 Å². The van der Waals surface area contributed by atoms with Crippen molar-refractivity contribution >= 4 is 15.9 Å². The van der Waals surface area contributed by atoms with Crippen molar-refractivity contribution in [1.29, 1.82) is 0 Å². The Morgan fingerprint density at radius 2 is 1.76 bits per heavy atom. The Balaban J connectivity index is 2.43. The highest BCUT2D eigenvalue weighted by molar-refractivity contribution is 9.10. The third-order valence-electron chi connectivity index (χ3n) is 2.68. The number of halogens is 2. The van der Waals surface area contributed by atoms with Crippen LogP contribution in [-0.4, -0.2) is 0 Å². The largest absolute Gasteiger partial charge is 0.324 e. The van der Waals surface area contributed by atoms with Crippen LogP contribution in [0.5, 0.6) is 0 Å². The summed E-state index contributed by atoms with van der Waals surface area (Å²) in [6.45, 7) is 1.93. The molecule has 1 atom stereocenters. The van der Waals surface area contributed by atoms with Gasteiger partial charge in [0.05, 0.1) is 0 Å². The molecule has 1 nitrogen and oxygen atoms in total. The van der Waals surface area contributed by atoms with Crippen LogP contribution in [0.1, 0.15) is 18.5 Å². The lowest BCUT2D eigenvalue weighted by molar-refractivity contribution is 0.631. The van der Waals surface area contributed by atoms with E-state index in [9.17, 15) is 4.39 Å². The van der Waals surface area contributed by atoms with Crippen molar-refractivity contribution in [3.05, 3.63) is 58.3 Å². The summed E-state index contributed by atoms with van der Waals surface area (Å²) in [6, 6.07) is 12.6. The molecule has 2 rings (SSSR count). The van der Waals surface area contributed by atoms with Gasteiger partial charge in [0.1, 0.15) is 5.82 Å². The lowest BCUT2D eigenvalue weighted by Gasteiger charge is -2.08. The first-order valence-electron chi connectivity index (χ1n) is 5.39. The van der Waals surface area contributed by atoms with Gasteiger partial charge in [0, 0.05) is 16.1 Å². The lowest BCUT2D eigenvalue weighted by atomic mass is 10.0. The van der Waals surface area contributed by atoms with E-state index in [-0.39, 0.29) is 11.9 Å². The molecule has 2 aromatic carbocycles. The molecule has 0 saturated heterocycles. The summed E-state index contributed by atoms with van der Waals surface area (Å²) in [5.41, 5.74) is 8.27. The lowest BCUT2D eigenvalue weighted by Crippen LogP contribution is -2.04. The highest BCUT2D eigenvalue weighted by Gasteiger charge is 2.06. The van der Waals surface area contributed by atoms with E-state index in [1.807, 2.05) is 31.2 Å². The molecule has 0 aliphatic rings. The van der Waals surface area contributed by atoms with Crippen molar-refractivity contribution in [1.82, 2.24) is 0 Å². The highest BCUT2D eigenvalue weighted by atomic mass is 79.9. The van der Waals surface area contributed by atoms with E-state index in [0.29, 0.717) is 5.56 Å². The SMILES string of the molecule is CC(N)c1ccc(-c2cc(Br)ccc2F)cc1. The smallest absolute Gasteiger partial charge is 0.131 e. The molecule has 0 fully saturated rings. The predicted octanol–water partition coefficient (Wildman–Crippen LogP) is 4.27. The zero-order valence-electron chi connectivity index (χ0n) is 9.45. The van der Waals surface area contributed by atoms with Gasteiger partial charge in [-0.1, -0.05) is 40.2 Å². The summed E-state index contributed by atoms with van der Waals surface area (Å²) in [7, 11) is 0. The summed E-state index contributed by atoms with van der Waals surface area (Å²) in [6.07, 6.45) is 0. The second-order valence-corrected chi connectivity index (χ2v) is 4.95. The molecule has 1 unspecified atom stereocenters. The summed E-state index contributed by atoms with van der Waals surface area (Å²) in [5.74, 6) is -0.221. The fourth-order valence-electron chi connectivity index (χ4n) is 1.68. The third kappa shape index (κ3) is 2.73. The van der Waals surface area contributed by atoms with E-state index in [4.69, 9.17) is 5.73 Å². The monoisotopic (exact) mass is 293 g/mol. The summed E-state index contributed by atoms with van der Waals surface area (Å²) in [5, 5.41) is 0. The van der Waals surface area contributed by atoms with Crippen LogP contribution in [0.15, 0.2) is 46.9 Å². The molecule has 0 aromatic heterocycles. The minimum absolute atomic E-state index is 0.00333. The van der Waals surface area contributed by atoms with Crippen molar-refractivity contribution in [3.8, 4) is 11.1 Å². The molecule has 3 heteroatoms. The van der Waals surface area contributed by atoms with E-state index in [1.54, 1.807) is 12.1 Å². The Morgan fingerprint density at radius 1 is 1.12 bits per heavy atom. The van der Waals surface area contributed by atoms with Gasteiger partial charge in [0.15, 0.2) is 0 Å². The Kier molecular flexibility index (Phi) is 3.60. The van der Waals surface area contributed by atoms with Crippen molar-refractivity contribution in [2.75, 3.05) is 0 Å². The molecule has 0 spiro atoms. The second-order valence-electron chi connectivity index (χ2n) is 4.03. The van der Waals surface area contributed by atoms with E-state index < -0.39 is 0 Å². The van der Waals surface area contributed by atoms with Crippen molar-refractivity contribution in [2.24, 2.45) is 5.73 Å². The van der Waals surface area contributed by atoms with Crippen LogP contribution in [0.3, 0.4) is 0 Å². The van der Waals surface area contributed by atoms with E-state index in [1.165, 1.54) is 6.07 Å². The Bertz CT molecular complexity index is 520. The molecule has 2 aromatic rings. The zero-order valence-corrected chi connectivity index (χ0v) is 11.0. The van der Waals surface area contributed by atoms with E-state index in [2.05, 4.69) is 15.9 Å². The summed E-state index contributed by atoms with van der Waals surface area (Å²) < 4.78 is 14.5. The Labute approximate surface area is 109 Å².